The molecule has 3 heteroatoms. The number of hydrogen-bond donors (Lipinski definition) is 0. The summed E-state index contributed by atoms with van der Waals surface area (Å²) in [6.45, 7) is 2.12. The first kappa shape index (κ1) is 27.2. The Morgan fingerprint density at radius 3 is 1.77 bits per heavy atom. The van der Waals surface area contributed by atoms with E-state index in [9.17, 15) is 10.5 Å². The summed E-state index contributed by atoms with van der Waals surface area (Å²) in [7, 11) is 0. The fourth-order valence-corrected chi connectivity index (χ4v) is 6.47. The van der Waals surface area contributed by atoms with E-state index in [2.05, 4.69) is 103 Å². The number of aryl methyl sites for hydroxylation is 3. The zero-order valence-electron chi connectivity index (χ0n) is 24.7. The molecule has 1 aliphatic rings. The van der Waals surface area contributed by atoms with Crippen molar-refractivity contribution in [3.8, 4) is 12.1 Å². The molecular formula is C41H31N3. The third kappa shape index (κ3) is 5.00. The van der Waals surface area contributed by atoms with Crippen LogP contribution in [-0.2, 0) is 12.8 Å². The number of nitriles is 2. The first-order chi connectivity index (χ1) is 21.6. The summed E-state index contributed by atoms with van der Waals surface area (Å²) in [6.07, 6.45) is 9.02. The van der Waals surface area contributed by atoms with E-state index in [0.29, 0.717) is 11.1 Å². The van der Waals surface area contributed by atoms with Crippen molar-refractivity contribution in [1.29, 1.82) is 10.5 Å². The van der Waals surface area contributed by atoms with E-state index in [1.165, 1.54) is 41.6 Å². The van der Waals surface area contributed by atoms with Crippen LogP contribution in [0.3, 0.4) is 0 Å². The van der Waals surface area contributed by atoms with Crippen LogP contribution < -0.4 is 4.90 Å². The molecule has 0 heterocycles. The van der Waals surface area contributed by atoms with Crippen LogP contribution >= 0.6 is 0 Å². The third-order valence-corrected chi connectivity index (χ3v) is 8.77. The lowest BCUT2D eigenvalue weighted by atomic mass is 9.91. The molecule has 3 nitrogen and oxygen atoms in total. The van der Waals surface area contributed by atoms with Gasteiger partial charge in [0.05, 0.1) is 11.1 Å². The van der Waals surface area contributed by atoms with Crippen LogP contribution in [0.5, 0.6) is 0 Å². The number of nitrogens with zero attached hydrogens (tertiary/aromatic N) is 3. The minimum atomic E-state index is 0.604. The highest BCUT2D eigenvalue weighted by Crippen LogP contribution is 2.37. The molecule has 0 spiro atoms. The molecule has 0 amide bonds. The zero-order chi connectivity index (χ0) is 30.0. The Morgan fingerprint density at radius 2 is 1.09 bits per heavy atom. The number of hydrogen-bond acceptors (Lipinski definition) is 3. The fourth-order valence-electron chi connectivity index (χ4n) is 6.47. The van der Waals surface area contributed by atoms with Gasteiger partial charge in [0, 0.05) is 38.6 Å². The number of benzene rings is 6. The fraction of sp³-hybridized carbons (Fsp3) is 0.122. The van der Waals surface area contributed by atoms with Crippen molar-refractivity contribution < 1.29 is 0 Å². The summed E-state index contributed by atoms with van der Waals surface area (Å²) in [6, 6.07) is 42.7. The number of anilines is 3. The van der Waals surface area contributed by atoms with Crippen LogP contribution in [0.4, 0.5) is 17.1 Å². The van der Waals surface area contributed by atoms with Crippen LogP contribution in [0.2, 0.25) is 0 Å². The van der Waals surface area contributed by atoms with Crippen LogP contribution in [0, 0.1) is 29.6 Å². The molecule has 6 aromatic carbocycles. The molecule has 0 aromatic heterocycles. The van der Waals surface area contributed by atoms with Gasteiger partial charge in [-0.2, -0.15) is 10.5 Å². The summed E-state index contributed by atoms with van der Waals surface area (Å²) in [5, 5.41) is 23.2. The van der Waals surface area contributed by atoms with E-state index in [-0.39, 0.29) is 0 Å². The van der Waals surface area contributed by atoms with Gasteiger partial charge in [0.1, 0.15) is 12.1 Å². The van der Waals surface area contributed by atoms with Crippen molar-refractivity contribution in [1.82, 2.24) is 0 Å². The molecule has 0 fully saturated rings. The second-order valence-corrected chi connectivity index (χ2v) is 11.6. The molecule has 44 heavy (non-hydrogen) atoms. The van der Waals surface area contributed by atoms with Gasteiger partial charge in [0.15, 0.2) is 0 Å². The lowest BCUT2D eigenvalue weighted by Crippen LogP contribution is -2.12. The molecule has 0 radical (unpaired) electrons. The predicted molar refractivity (Wildman–Crippen MR) is 182 cm³/mol. The van der Waals surface area contributed by atoms with Crippen LogP contribution in [0.1, 0.15) is 51.8 Å². The van der Waals surface area contributed by atoms with E-state index >= 15 is 0 Å². The standard InChI is InChI=1S/C41H31N3/c1-28-10-18-33(19-11-28)44(35-22-17-31-6-2-3-7-32(31)25-35)34-20-14-29(15-21-34)12-13-30-16-23-38-39(24-30)41(27-43)37-9-5-4-8-36(37)40(38)26-42/h4-5,8-25H,2-3,6-7H2,1H3/b13-12-. The maximum Gasteiger partial charge on any atom is 0.100 e. The van der Waals surface area contributed by atoms with Gasteiger partial charge in [0.25, 0.3) is 0 Å². The van der Waals surface area contributed by atoms with Gasteiger partial charge in [-0.15, -0.1) is 0 Å². The molecule has 0 N–H and O–H groups in total. The van der Waals surface area contributed by atoms with Gasteiger partial charge in [0.2, 0.25) is 0 Å². The first-order valence-electron chi connectivity index (χ1n) is 15.2. The molecule has 0 aliphatic heterocycles. The van der Waals surface area contributed by atoms with Crippen molar-refractivity contribution in [2.45, 2.75) is 32.6 Å². The smallest absolute Gasteiger partial charge is 0.100 e. The highest BCUT2D eigenvalue weighted by molar-refractivity contribution is 6.09. The van der Waals surface area contributed by atoms with Crippen LogP contribution in [-0.4, -0.2) is 0 Å². The van der Waals surface area contributed by atoms with E-state index < -0.39 is 0 Å². The normalized spacial score (nSPS) is 12.6. The van der Waals surface area contributed by atoms with Crippen molar-refractivity contribution in [2.24, 2.45) is 0 Å². The SMILES string of the molecule is Cc1ccc(N(c2ccc(/C=C\c3ccc4c(C#N)c5ccccc5c(C#N)c4c3)cc2)c2ccc3c(c2)CCCC3)cc1. The Kier molecular flexibility index (Phi) is 7.15. The van der Waals surface area contributed by atoms with Gasteiger partial charge in [-0.1, -0.05) is 84.4 Å². The average molecular weight is 566 g/mol. The highest BCUT2D eigenvalue weighted by atomic mass is 15.1. The predicted octanol–water partition coefficient (Wildman–Crippen LogP) is 10.6. The minimum absolute atomic E-state index is 0.604. The largest absolute Gasteiger partial charge is 0.310 e. The lowest BCUT2D eigenvalue weighted by Gasteiger charge is -2.27. The molecule has 1 aliphatic carbocycles. The summed E-state index contributed by atoms with van der Waals surface area (Å²) in [5.74, 6) is 0. The Balaban J connectivity index is 1.23. The topological polar surface area (TPSA) is 50.8 Å². The van der Waals surface area contributed by atoms with Gasteiger partial charge < -0.3 is 4.90 Å². The van der Waals surface area contributed by atoms with Crippen LogP contribution in [0.15, 0.2) is 109 Å². The average Bonchev–Trinajstić information content (AvgIpc) is 3.07. The van der Waals surface area contributed by atoms with Gasteiger partial charge >= 0.3 is 0 Å². The quantitative estimate of drug-likeness (QED) is 0.154. The van der Waals surface area contributed by atoms with Gasteiger partial charge in [-0.25, -0.2) is 0 Å². The highest BCUT2D eigenvalue weighted by Gasteiger charge is 2.17. The van der Waals surface area contributed by atoms with E-state index in [1.54, 1.807) is 0 Å². The Morgan fingerprint density at radius 1 is 0.545 bits per heavy atom. The van der Waals surface area contributed by atoms with E-state index in [4.69, 9.17) is 0 Å². The molecule has 0 saturated heterocycles. The lowest BCUT2D eigenvalue weighted by molar-refractivity contribution is 0.685. The molecule has 7 rings (SSSR count). The molecular weight excluding hydrogens is 534 g/mol. The van der Waals surface area contributed by atoms with E-state index in [1.807, 2.05) is 42.5 Å². The van der Waals surface area contributed by atoms with Crippen molar-refractivity contribution in [2.75, 3.05) is 4.90 Å². The molecule has 0 atom stereocenters. The summed E-state index contributed by atoms with van der Waals surface area (Å²) in [5.41, 5.74) is 10.9. The van der Waals surface area contributed by atoms with Gasteiger partial charge in [-0.05, 0) is 97.3 Å². The van der Waals surface area contributed by atoms with Crippen molar-refractivity contribution in [3.05, 3.63) is 148 Å². The Labute approximate surface area is 258 Å². The van der Waals surface area contributed by atoms with Crippen molar-refractivity contribution in [3.63, 3.8) is 0 Å². The molecule has 0 saturated carbocycles. The summed E-state index contributed by atoms with van der Waals surface area (Å²) < 4.78 is 0. The first-order valence-corrected chi connectivity index (χ1v) is 15.2. The van der Waals surface area contributed by atoms with E-state index in [0.717, 1.165) is 50.5 Å². The molecule has 6 aromatic rings. The van der Waals surface area contributed by atoms with Crippen LogP contribution in [0.25, 0.3) is 33.7 Å². The second-order valence-electron chi connectivity index (χ2n) is 11.6. The van der Waals surface area contributed by atoms with Crippen molar-refractivity contribution >= 4 is 50.8 Å². The second kappa shape index (κ2) is 11.6. The maximum atomic E-state index is 10.0. The number of rotatable bonds is 5. The summed E-state index contributed by atoms with van der Waals surface area (Å²) in [4.78, 5) is 2.34. The molecule has 210 valence electrons. The summed E-state index contributed by atoms with van der Waals surface area (Å²) >= 11 is 0. The Bertz CT molecular complexity index is 2140. The maximum absolute atomic E-state index is 10.0. The third-order valence-electron chi connectivity index (χ3n) is 8.77. The monoisotopic (exact) mass is 565 g/mol. The minimum Gasteiger partial charge on any atom is -0.310 e. The Hall–Kier alpha value is -5.64. The number of fused-ring (bicyclic) bond motifs is 3. The molecule has 0 unspecified atom stereocenters. The van der Waals surface area contributed by atoms with Gasteiger partial charge in [-0.3, -0.25) is 0 Å². The molecule has 0 bridgehead atoms. The zero-order valence-corrected chi connectivity index (χ0v) is 24.7.